The second-order valence-corrected chi connectivity index (χ2v) is 9.39. The Bertz CT molecular complexity index is 972. The Morgan fingerprint density at radius 2 is 1.93 bits per heavy atom. The first kappa shape index (κ1) is 18.8. The first-order valence-corrected chi connectivity index (χ1v) is 10.6. The topological polar surface area (TPSA) is 92.7 Å². The lowest BCUT2D eigenvalue weighted by molar-refractivity contribution is 0.0321. The fourth-order valence-electron chi connectivity index (χ4n) is 3.84. The van der Waals surface area contributed by atoms with Crippen molar-refractivity contribution in [2.45, 2.75) is 17.7 Å². The number of benzene rings is 1. The number of nitrogens with zero attached hydrogens (tertiary/aromatic N) is 4. The van der Waals surface area contributed by atoms with Crippen LogP contribution in [-0.4, -0.2) is 66.8 Å². The molecule has 3 heterocycles. The zero-order valence-electron chi connectivity index (χ0n) is 15.6. The van der Waals surface area contributed by atoms with Crippen molar-refractivity contribution in [1.82, 2.24) is 19.2 Å². The van der Waals surface area contributed by atoms with E-state index in [0.717, 1.165) is 0 Å². The van der Waals surface area contributed by atoms with E-state index in [4.69, 9.17) is 4.74 Å². The average Bonchev–Trinajstić information content (AvgIpc) is 2.72. The van der Waals surface area contributed by atoms with Gasteiger partial charge in [-0.25, -0.2) is 17.7 Å². The third-order valence-electron chi connectivity index (χ3n) is 5.52. The van der Waals surface area contributed by atoms with Gasteiger partial charge in [-0.1, -0.05) is 12.1 Å². The summed E-state index contributed by atoms with van der Waals surface area (Å²) in [5, 5.41) is 0. The van der Waals surface area contributed by atoms with E-state index < -0.39 is 10.0 Å². The highest BCUT2D eigenvalue weighted by atomic mass is 32.2. The normalized spacial score (nSPS) is 21.2. The SMILES string of the molecule is CN1CC2(CCN(C(=O)c3cnccn3)CC2)COc2ccccc2S1(=O)=O. The lowest BCUT2D eigenvalue weighted by Gasteiger charge is -2.44. The Labute approximate surface area is 164 Å². The summed E-state index contributed by atoms with van der Waals surface area (Å²) in [7, 11) is -2.01. The van der Waals surface area contributed by atoms with Gasteiger partial charge >= 0.3 is 0 Å². The summed E-state index contributed by atoms with van der Waals surface area (Å²) in [5.74, 6) is 0.229. The van der Waals surface area contributed by atoms with Crippen molar-refractivity contribution in [2.24, 2.45) is 5.41 Å². The van der Waals surface area contributed by atoms with Crippen molar-refractivity contribution in [1.29, 1.82) is 0 Å². The number of carbonyl (C=O) groups is 1. The fourth-order valence-corrected chi connectivity index (χ4v) is 5.25. The lowest BCUT2D eigenvalue weighted by atomic mass is 9.78. The molecule has 28 heavy (non-hydrogen) atoms. The van der Waals surface area contributed by atoms with Crippen molar-refractivity contribution in [3.05, 3.63) is 48.5 Å². The molecule has 0 bridgehead atoms. The van der Waals surface area contributed by atoms with Crippen molar-refractivity contribution < 1.29 is 17.9 Å². The monoisotopic (exact) mass is 402 g/mol. The number of aromatic nitrogens is 2. The number of amides is 1. The molecule has 4 rings (SSSR count). The smallest absolute Gasteiger partial charge is 0.274 e. The number of piperidine rings is 1. The molecule has 9 heteroatoms. The second-order valence-electron chi connectivity index (χ2n) is 7.38. The summed E-state index contributed by atoms with van der Waals surface area (Å²) < 4.78 is 33.2. The Morgan fingerprint density at radius 1 is 1.18 bits per heavy atom. The summed E-state index contributed by atoms with van der Waals surface area (Å²) in [6.07, 6.45) is 5.80. The molecule has 1 fully saturated rings. The number of ether oxygens (including phenoxy) is 1. The van der Waals surface area contributed by atoms with Crippen LogP contribution in [0.1, 0.15) is 23.3 Å². The summed E-state index contributed by atoms with van der Waals surface area (Å²) in [6.45, 7) is 1.82. The van der Waals surface area contributed by atoms with Crippen molar-refractivity contribution in [3.8, 4) is 5.75 Å². The van der Waals surface area contributed by atoms with Crippen LogP contribution in [0.4, 0.5) is 0 Å². The zero-order valence-corrected chi connectivity index (χ0v) is 16.4. The number of fused-ring (bicyclic) bond motifs is 1. The number of likely N-dealkylation sites (tertiary alicyclic amines) is 1. The van der Waals surface area contributed by atoms with Gasteiger partial charge in [0.25, 0.3) is 5.91 Å². The van der Waals surface area contributed by atoms with Gasteiger partial charge in [0.1, 0.15) is 16.3 Å². The van der Waals surface area contributed by atoms with Gasteiger partial charge in [0.05, 0.1) is 12.8 Å². The predicted octanol–water partition coefficient (Wildman–Crippen LogP) is 1.41. The van der Waals surface area contributed by atoms with Gasteiger partial charge in [-0.05, 0) is 25.0 Å². The minimum absolute atomic E-state index is 0.152. The Morgan fingerprint density at radius 3 is 2.64 bits per heavy atom. The van der Waals surface area contributed by atoms with Gasteiger partial charge in [0, 0.05) is 44.5 Å². The molecule has 0 unspecified atom stereocenters. The van der Waals surface area contributed by atoms with Crippen LogP contribution in [0.5, 0.6) is 5.75 Å². The van der Waals surface area contributed by atoms with Crippen LogP contribution in [-0.2, 0) is 10.0 Å². The number of carbonyl (C=O) groups excluding carboxylic acids is 1. The molecule has 1 spiro atoms. The second kappa shape index (κ2) is 7.14. The Balaban J connectivity index is 1.54. The first-order chi connectivity index (χ1) is 13.4. The molecule has 2 aliphatic rings. The molecule has 0 N–H and O–H groups in total. The Hall–Kier alpha value is -2.52. The maximum atomic E-state index is 12.9. The maximum Gasteiger partial charge on any atom is 0.274 e. The van der Waals surface area contributed by atoms with Crippen molar-refractivity contribution in [2.75, 3.05) is 33.3 Å². The minimum Gasteiger partial charge on any atom is -0.492 e. The number of sulfonamides is 1. The van der Waals surface area contributed by atoms with E-state index in [1.807, 2.05) is 0 Å². The van der Waals surface area contributed by atoms with Crippen LogP contribution in [0.15, 0.2) is 47.8 Å². The van der Waals surface area contributed by atoms with Crippen molar-refractivity contribution in [3.63, 3.8) is 0 Å². The van der Waals surface area contributed by atoms with Crippen LogP contribution < -0.4 is 4.74 Å². The molecule has 1 amide bonds. The third-order valence-corrected chi connectivity index (χ3v) is 7.37. The average molecular weight is 402 g/mol. The molecule has 0 radical (unpaired) electrons. The molecule has 148 valence electrons. The molecule has 2 aliphatic heterocycles. The summed E-state index contributed by atoms with van der Waals surface area (Å²) in [6, 6.07) is 6.72. The maximum absolute atomic E-state index is 12.9. The van der Waals surface area contributed by atoms with Gasteiger partial charge in [-0.15, -0.1) is 0 Å². The van der Waals surface area contributed by atoms with Gasteiger partial charge in [0.15, 0.2) is 0 Å². The largest absolute Gasteiger partial charge is 0.492 e. The zero-order chi connectivity index (χ0) is 19.8. The van der Waals surface area contributed by atoms with Crippen LogP contribution in [0, 0.1) is 5.41 Å². The Kier molecular flexibility index (Phi) is 4.80. The van der Waals surface area contributed by atoms with Gasteiger partial charge < -0.3 is 9.64 Å². The molecular formula is C19H22N4O4S. The number of rotatable bonds is 1. The van der Waals surface area contributed by atoms with E-state index in [-0.39, 0.29) is 16.2 Å². The third kappa shape index (κ3) is 3.35. The number of hydrogen-bond acceptors (Lipinski definition) is 6. The highest BCUT2D eigenvalue weighted by Crippen LogP contribution is 2.38. The van der Waals surface area contributed by atoms with E-state index in [1.165, 1.54) is 22.9 Å². The van der Waals surface area contributed by atoms with Crippen LogP contribution in [0.2, 0.25) is 0 Å². The van der Waals surface area contributed by atoms with Gasteiger partial charge in [0.2, 0.25) is 10.0 Å². The standard InChI is InChI=1S/C19H22N4O4S/c1-22-13-19(14-27-16-4-2-3-5-17(16)28(22,25)26)6-10-23(11-7-19)18(24)15-12-20-8-9-21-15/h2-5,8-9,12H,6-7,10-11,13-14H2,1H3. The van der Waals surface area contributed by atoms with Gasteiger partial charge in [-0.3, -0.25) is 9.78 Å². The van der Waals surface area contributed by atoms with E-state index in [9.17, 15) is 13.2 Å². The molecule has 2 aromatic rings. The van der Waals surface area contributed by atoms with Gasteiger partial charge in [-0.2, -0.15) is 0 Å². The quantitative estimate of drug-likeness (QED) is 0.716. The van der Waals surface area contributed by atoms with Crippen LogP contribution in [0.25, 0.3) is 0 Å². The highest BCUT2D eigenvalue weighted by Gasteiger charge is 2.42. The van der Waals surface area contributed by atoms with Crippen LogP contribution >= 0.6 is 0 Å². The molecular weight excluding hydrogens is 380 g/mol. The summed E-state index contributed by atoms with van der Waals surface area (Å²) >= 11 is 0. The fraction of sp³-hybridized carbons (Fsp3) is 0.421. The molecule has 1 saturated heterocycles. The van der Waals surface area contributed by atoms with E-state index >= 15 is 0 Å². The van der Waals surface area contributed by atoms with Crippen LogP contribution in [0.3, 0.4) is 0 Å². The first-order valence-electron chi connectivity index (χ1n) is 9.15. The van der Waals surface area contributed by atoms with E-state index in [2.05, 4.69) is 9.97 Å². The lowest BCUT2D eigenvalue weighted by Crippen LogP contribution is -2.51. The molecule has 0 atom stereocenters. The van der Waals surface area contributed by atoms with E-state index in [1.54, 1.807) is 36.2 Å². The summed E-state index contributed by atoms with van der Waals surface area (Å²) in [4.78, 5) is 22.6. The number of hydrogen-bond donors (Lipinski definition) is 0. The molecule has 0 aliphatic carbocycles. The molecule has 1 aromatic carbocycles. The highest BCUT2D eigenvalue weighted by molar-refractivity contribution is 7.89. The molecule has 8 nitrogen and oxygen atoms in total. The van der Waals surface area contributed by atoms with E-state index in [0.29, 0.717) is 50.5 Å². The minimum atomic E-state index is -3.62. The molecule has 0 saturated carbocycles. The summed E-state index contributed by atoms with van der Waals surface area (Å²) in [5.41, 5.74) is -0.0184. The predicted molar refractivity (Wildman–Crippen MR) is 101 cm³/mol. The molecule has 1 aromatic heterocycles. The van der Waals surface area contributed by atoms with Crippen molar-refractivity contribution >= 4 is 15.9 Å². The number of para-hydroxylation sites is 1.